The zero-order valence-corrected chi connectivity index (χ0v) is 9.08. The summed E-state index contributed by atoms with van der Waals surface area (Å²) in [6, 6.07) is 9.82. The molecular weight excluding hydrogens is 200 g/mol. The van der Waals surface area contributed by atoms with Crippen molar-refractivity contribution in [2.24, 2.45) is 0 Å². The van der Waals surface area contributed by atoms with E-state index in [0.717, 1.165) is 16.5 Å². The molecular formula is C13H12N2O. The summed E-state index contributed by atoms with van der Waals surface area (Å²) in [5.41, 5.74) is 2.53. The third kappa shape index (κ3) is 1.82. The fraction of sp³-hybridized carbons (Fsp3) is 0.231. The molecule has 0 saturated carbocycles. The Balaban J connectivity index is 2.60. The van der Waals surface area contributed by atoms with Crippen LogP contribution < -0.4 is 5.56 Å². The number of nitriles is 1. The van der Waals surface area contributed by atoms with Crippen LogP contribution in [-0.2, 0) is 6.42 Å². The van der Waals surface area contributed by atoms with Crippen LogP contribution in [0.1, 0.15) is 17.5 Å². The number of nitrogens with zero attached hydrogens (tertiary/aromatic N) is 1. The third-order valence-corrected chi connectivity index (χ3v) is 2.67. The van der Waals surface area contributed by atoms with Gasteiger partial charge in [0.05, 0.1) is 11.6 Å². The van der Waals surface area contributed by atoms with E-state index in [4.69, 9.17) is 5.26 Å². The number of aryl methyl sites for hydroxylation is 2. The number of hydrogen-bond donors (Lipinski definition) is 1. The van der Waals surface area contributed by atoms with Crippen LogP contribution in [0.15, 0.2) is 29.1 Å². The largest absolute Gasteiger partial charge is 0.321 e. The fourth-order valence-corrected chi connectivity index (χ4v) is 1.80. The normalized spacial score (nSPS) is 10.2. The maximum absolute atomic E-state index is 11.7. The van der Waals surface area contributed by atoms with E-state index in [2.05, 4.69) is 11.1 Å². The molecule has 3 nitrogen and oxygen atoms in total. The maximum atomic E-state index is 11.7. The molecule has 0 aliphatic heterocycles. The Kier molecular flexibility index (Phi) is 2.74. The van der Waals surface area contributed by atoms with Gasteiger partial charge in [-0.1, -0.05) is 18.2 Å². The van der Waals surface area contributed by atoms with Gasteiger partial charge in [-0.05, 0) is 30.4 Å². The van der Waals surface area contributed by atoms with Gasteiger partial charge in [0.2, 0.25) is 0 Å². The van der Waals surface area contributed by atoms with Crippen molar-refractivity contribution in [1.82, 2.24) is 4.98 Å². The lowest BCUT2D eigenvalue weighted by Crippen LogP contribution is -2.12. The number of para-hydroxylation sites is 1. The van der Waals surface area contributed by atoms with Crippen molar-refractivity contribution in [1.29, 1.82) is 5.26 Å². The summed E-state index contributed by atoms with van der Waals surface area (Å²) in [5, 5.41) is 9.53. The smallest absolute Gasteiger partial charge is 0.251 e. The first kappa shape index (κ1) is 10.4. The summed E-state index contributed by atoms with van der Waals surface area (Å²) in [6.07, 6.45) is 0.885. The lowest BCUT2D eigenvalue weighted by molar-refractivity contribution is 0.983. The van der Waals surface area contributed by atoms with Gasteiger partial charge in [0, 0.05) is 12.0 Å². The molecule has 0 spiro atoms. The van der Waals surface area contributed by atoms with Crippen LogP contribution in [0.4, 0.5) is 0 Å². The van der Waals surface area contributed by atoms with E-state index < -0.39 is 0 Å². The van der Waals surface area contributed by atoms with Gasteiger partial charge in [0.25, 0.3) is 5.56 Å². The Hall–Kier alpha value is -2.08. The minimum Gasteiger partial charge on any atom is -0.321 e. The number of benzene rings is 1. The zero-order valence-electron chi connectivity index (χ0n) is 9.08. The van der Waals surface area contributed by atoms with Crippen LogP contribution in [0.25, 0.3) is 10.9 Å². The van der Waals surface area contributed by atoms with E-state index in [-0.39, 0.29) is 5.56 Å². The highest BCUT2D eigenvalue weighted by Crippen LogP contribution is 2.15. The molecule has 1 N–H and O–H groups in total. The summed E-state index contributed by atoms with van der Waals surface area (Å²) < 4.78 is 0. The Labute approximate surface area is 93.3 Å². The molecule has 3 heteroatoms. The molecule has 0 fully saturated rings. The molecule has 0 bridgehead atoms. The van der Waals surface area contributed by atoms with Crippen molar-refractivity contribution < 1.29 is 0 Å². The van der Waals surface area contributed by atoms with Gasteiger partial charge in [-0.3, -0.25) is 4.79 Å². The average Bonchev–Trinajstić information content (AvgIpc) is 2.28. The topological polar surface area (TPSA) is 56.6 Å². The number of fused-ring (bicyclic) bond motifs is 1. The average molecular weight is 212 g/mol. The standard InChI is InChI=1S/C13H12N2O/c1-9-4-2-5-10-8-11(6-3-7-14)13(16)15-12(9)10/h2,4-5,8H,3,6H2,1H3,(H,15,16). The van der Waals surface area contributed by atoms with Crippen molar-refractivity contribution in [3.63, 3.8) is 0 Å². The predicted octanol–water partition coefficient (Wildman–Crippen LogP) is 2.29. The molecule has 2 aromatic rings. The van der Waals surface area contributed by atoms with Crippen LogP contribution in [0.5, 0.6) is 0 Å². The van der Waals surface area contributed by atoms with Crippen LogP contribution in [0.2, 0.25) is 0 Å². The number of rotatable bonds is 2. The van der Waals surface area contributed by atoms with Gasteiger partial charge in [-0.15, -0.1) is 0 Å². The molecule has 1 heterocycles. The second-order valence-corrected chi connectivity index (χ2v) is 3.82. The van der Waals surface area contributed by atoms with Crippen molar-refractivity contribution in [2.75, 3.05) is 0 Å². The van der Waals surface area contributed by atoms with Crippen molar-refractivity contribution in [3.8, 4) is 6.07 Å². The molecule has 0 saturated heterocycles. The molecule has 0 amide bonds. The first-order valence-corrected chi connectivity index (χ1v) is 5.21. The van der Waals surface area contributed by atoms with Gasteiger partial charge in [-0.25, -0.2) is 0 Å². The van der Waals surface area contributed by atoms with Crippen molar-refractivity contribution in [2.45, 2.75) is 19.8 Å². The molecule has 1 aromatic carbocycles. The third-order valence-electron chi connectivity index (χ3n) is 2.67. The lowest BCUT2D eigenvalue weighted by atomic mass is 10.1. The number of aromatic nitrogens is 1. The summed E-state index contributed by atoms with van der Waals surface area (Å²) in [4.78, 5) is 14.6. The first-order valence-electron chi connectivity index (χ1n) is 5.21. The lowest BCUT2D eigenvalue weighted by Gasteiger charge is -2.03. The van der Waals surface area contributed by atoms with E-state index in [0.29, 0.717) is 18.4 Å². The van der Waals surface area contributed by atoms with Crippen molar-refractivity contribution in [3.05, 3.63) is 45.7 Å². The van der Waals surface area contributed by atoms with Crippen molar-refractivity contribution >= 4 is 10.9 Å². The zero-order chi connectivity index (χ0) is 11.5. The van der Waals surface area contributed by atoms with Crippen LogP contribution in [0.3, 0.4) is 0 Å². The second kappa shape index (κ2) is 4.19. The number of pyridine rings is 1. The van der Waals surface area contributed by atoms with E-state index in [1.165, 1.54) is 0 Å². The van der Waals surface area contributed by atoms with Crippen LogP contribution in [0, 0.1) is 18.3 Å². The van der Waals surface area contributed by atoms with E-state index >= 15 is 0 Å². The van der Waals surface area contributed by atoms with E-state index in [9.17, 15) is 4.79 Å². The number of nitrogens with one attached hydrogen (secondary N) is 1. The Morgan fingerprint density at radius 3 is 3.00 bits per heavy atom. The summed E-state index contributed by atoms with van der Waals surface area (Å²) in [6.45, 7) is 1.97. The molecule has 0 aliphatic rings. The quantitative estimate of drug-likeness (QED) is 0.830. The van der Waals surface area contributed by atoms with E-state index in [1.54, 1.807) is 0 Å². The van der Waals surface area contributed by atoms with Gasteiger partial charge >= 0.3 is 0 Å². The summed E-state index contributed by atoms with van der Waals surface area (Å²) in [7, 11) is 0. The fourth-order valence-electron chi connectivity index (χ4n) is 1.80. The van der Waals surface area contributed by atoms with E-state index in [1.807, 2.05) is 31.2 Å². The summed E-state index contributed by atoms with van der Waals surface area (Å²) >= 11 is 0. The maximum Gasteiger partial charge on any atom is 0.251 e. The molecule has 16 heavy (non-hydrogen) atoms. The minimum absolute atomic E-state index is 0.0861. The van der Waals surface area contributed by atoms with Gasteiger partial charge in [0.1, 0.15) is 0 Å². The Bertz CT molecular complexity index is 620. The van der Waals surface area contributed by atoms with Crippen LogP contribution >= 0.6 is 0 Å². The molecule has 80 valence electrons. The molecule has 0 unspecified atom stereocenters. The second-order valence-electron chi connectivity index (χ2n) is 3.82. The molecule has 0 atom stereocenters. The van der Waals surface area contributed by atoms with Gasteiger partial charge in [-0.2, -0.15) is 5.26 Å². The van der Waals surface area contributed by atoms with Gasteiger partial charge in [0.15, 0.2) is 0 Å². The minimum atomic E-state index is -0.0861. The predicted molar refractivity (Wildman–Crippen MR) is 63.2 cm³/mol. The SMILES string of the molecule is Cc1cccc2cc(CCC#N)c(=O)[nH]c12. The number of hydrogen-bond acceptors (Lipinski definition) is 2. The van der Waals surface area contributed by atoms with Crippen LogP contribution in [-0.4, -0.2) is 4.98 Å². The monoisotopic (exact) mass is 212 g/mol. The number of aromatic amines is 1. The molecule has 0 radical (unpaired) electrons. The first-order chi connectivity index (χ1) is 7.72. The highest BCUT2D eigenvalue weighted by atomic mass is 16.1. The molecule has 2 rings (SSSR count). The highest BCUT2D eigenvalue weighted by Gasteiger charge is 2.03. The van der Waals surface area contributed by atoms with Gasteiger partial charge < -0.3 is 4.98 Å². The molecule has 0 aliphatic carbocycles. The Morgan fingerprint density at radius 2 is 2.25 bits per heavy atom. The highest BCUT2D eigenvalue weighted by molar-refractivity contribution is 5.81. The molecule has 1 aromatic heterocycles. The Morgan fingerprint density at radius 1 is 1.44 bits per heavy atom. The summed E-state index contributed by atoms with van der Waals surface area (Å²) in [5.74, 6) is 0. The number of H-pyrrole nitrogens is 1.